The quantitative estimate of drug-likeness (QED) is 0.330. The van der Waals surface area contributed by atoms with E-state index >= 15 is 0 Å². The molecule has 0 aliphatic carbocycles. The Hall–Kier alpha value is -4.47. The van der Waals surface area contributed by atoms with E-state index in [9.17, 15) is 24.5 Å². The fourth-order valence-corrected chi connectivity index (χ4v) is 4.06. The molecule has 3 rings (SSSR count). The first-order chi connectivity index (χ1) is 17.4. The van der Waals surface area contributed by atoms with Gasteiger partial charge in [-0.2, -0.15) is 0 Å². The van der Waals surface area contributed by atoms with E-state index in [2.05, 4.69) is 10.6 Å². The molecule has 1 amide bonds. The van der Waals surface area contributed by atoms with Gasteiger partial charge >= 0.3 is 11.9 Å². The van der Waals surface area contributed by atoms with E-state index in [1.54, 1.807) is 58.0 Å². The molecule has 1 aliphatic heterocycles. The Morgan fingerprint density at radius 3 is 2.32 bits per heavy atom. The Kier molecular flexibility index (Phi) is 8.11. The Morgan fingerprint density at radius 2 is 1.73 bits per heavy atom. The lowest BCUT2D eigenvalue weighted by atomic mass is 9.78. The first-order valence-corrected chi connectivity index (χ1v) is 11.5. The third-order valence-corrected chi connectivity index (χ3v) is 5.50. The van der Waals surface area contributed by atoms with E-state index < -0.39 is 40.8 Å². The molecule has 2 aromatic rings. The predicted molar refractivity (Wildman–Crippen MR) is 136 cm³/mol. The number of rotatable bonds is 7. The van der Waals surface area contributed by atoms with E-state index in [1.807, 2.05) is 6.07 Å². The number of methoxy groups -OCH3 is 1. The summed E-state index contributed by atoms with van der Waals surface area (Å²) < 4.78 is 10.3. The van der Waals surface area contributed by atoms with Gasteiger partial charge in [0.2, 0.25) is 0 Å². The second kappa shape index (κ2) is 11.1. The van der Waals surface area contributed by atoms with Crippen LogP contribution in [0, 0.1) is 10.1 Å². The van der Waals surface area contributed by atoms with Gasteiger partial charge in [-0.05, 0) is 38.8 Å². The van der Waals surface area contributed by atoms with Gasteiger partial charge in [-0.1, -0.05) is 42.5 Å². The van der Waals surface area contributed by atoms with Crippen molar-refractivity contribution in [2.45, 2.75) is 39.2 Å². The number of carbonyl (C=O) groups excluding carboxylic acids is 3. The van der Waals surface area contributed by atoms with Crippen molar-refractivity contribution in [2.75, 3.05) is 13.7 Å². The lowest BCUT2D eigenvalue weighted by molar-refractivity contribution is -0.384. The Bertz CT molecular complexity index is 1290. The third-order valence-electron chi connectivity index (χ3n) is 5.50. The van der Waals surface area contributed by atoms with Crippen molar-refractivity contribution in [3.05, 3.63) is 92.7 Å². The summed E-state index contributed by atoms with van der Waals surface area (Å²) in [5.41, 5.74) is 1.07. The van der Waals surface area contributed by atoms with E-state index in [1.165, 1.54) is 25.3 Å². The molecule has 1 atom stereocenters. The number of allylic oxidation sites excluding steroid dienone is 1. The Morgan fingerprint density at radius 1 is 1.05 bits per heavy atom. The molecule has 2 aromatic carbocycles. The van der Waals surface area contributed by atoms with Gasteiger partial charge in [-0.25, -0.2) is 4.79 Å². The maximum atomic E-state index is 13.7. The largest absolute Gasteiger partial charge is 0.466 e. The van der Waals surface area contributed by atoms with Gasteiger partial charge < -0.3 is 20.1 Å². The van der Waals surface area contributed by atoms with Crippen LogP contribution in [0.15, 0.2) is 71.4 Å². The molecule has 2 N–H and O–H groups in total. The fourth-order valence-electron chi connectivity index (χ4n) is 4.06. The fraction of sp³-hybridized carbons (Fsp3) is 0.296. The number of hydrogen-bond donors (Lipinski definition) is 2. The summed E-state index contributed by atoms with van der Waals surface area (Å²) in [6.45, 7) is 6.38. The number of non-ortho nitro benzene ring substituents is 1. The van der Waals surface area contributed by atoms with Crippen molar-refractivity contribution in [2.24, 2.45) is 0 Å². The van der Waals surface area contributed by atoms with E-state index in [4.69, 9.17) is 9.47 Å². The molecular formula is C27H29N3O7. The zero-order chi connectivity index (χ0) is 27.3. The minimum absolute atomic E-state index is 0.0984. The highest BCUT2D eigenvalue weighted by molar-refractivity contribution is 6.08. The van der Waals surface area contributed by atoms with Crippen molar-refractivity contribution in [3.8, 4) is 0 Å². The molecule has 1 unspecified atom stereocenters. The lowest BCUT2D eigenvalue weighted by Crippen LogP contribution is -2.39. The van der Waals surface area contributed by atoms with Crippen LogP contribution in [0.4, 0.5) is 5.69 Å². The standard InChI is InChI=1S/C27H29N3O7/c1-16-21(26(33)36-5)22(18-12-9-13-19(14-18)30(34)35)23(24(29-16)17-10-7-6-8-11-17)25(32)28-15-20(31)37-27(2,3)4/h6-14,22,29H,15H2,1-5H3,(H,28,32). The van der Waals surface area contributed by atoms with Crippen molar-refractivity contribution in [1.82, 2.24) is 10.6 Å². The van der Waals surface area contributed by atoms with Gasteiger partial charge in [-0.3, -0.25) is 19.7 Å². The highest BCUT2D eigenvalue weighted by atomic mass is 16.6. The minimum atomic E-state index is -1.03. The van der Waals surface area contributed by atoms with E-state index in [0.29, 0.717) is 22.5 Å². The van der Waals surface area contributed by atoms with Crippen LogP contribution < -0.4 is 10.6 Å². The number of nitro benzene ring substituents is 1. The number of dihydropyridines is 1. The van der Waals surface area contributed by atoms with Crippen molar-refractivity contribution < 1.29 is 28.8 Å². The smallest absolute Gasteiger partial charge is 0.336 e. The molecule has 10 nitrogen and oxygen atoms in total. The minimum Gasteiger partial charge on any atom is -0.466 e. The average molecular weight is 508 g/mol. The number of benzene rings is 2. The van der Waals surface area contributed by atoms with Crippen LogP contribution in [0.5, 0.6) is 0 Å². The lowest BCUT2D eigenvalue weighted by Gasteiger charge is -2.32. The van der Waals surface area contributed by atoms with Gasteiger partial charge in [0.15, 0.2) is 0 Å². The molecule has 37 heavy (non-hydrogen) atoms. The number of ether oxygens (including phenoxy) is 2. The third kappa shape index (κ3) is 6.40. The van der Waals surface area contributed by atoms with E-state index in [0.717, 1.165) is 0 Å². The van der Waals surface area contributed by atoms with Crippen molar-refractivity contribution in [1.29, 1.82) is 0 Å². The number of nitro groups is 1. The Labute approximate surface area is 214 Å². The number of hydrogen-bond acceptors (Lipinski definition) is 8. The summed E-state index contributed by atoms with van der Waals surface area (Å²) in [6, 6.07) is 14.7. The molecule has 0 saturated carbocycles. The zero-order valence-corrected chi connectivity index (χ0v) is 21.3. The van der Waals surface area contributed by atoms with Crippen LogP contribution in [0.3, 0.4) is 0 Å². The van der Waals surface area contributed by atoms with Crippen molar-refractivity contribution in [3.63, 3.8) is 0 Å². The molecular weight excluding hydrogens is 478 g/mol. The summed E-state index contributed by atoms with van der Waals surface area (Å²) in [6.07, 6.45) is 0. The summed E-state index contributed by atoms with van der Waals surface area (Å²) in [5.74, 6) is -3.02. The molecule has 0 bridgehead atoms. The molecule has 0 fully saturated rings. The second-order valence-corrected chi connectivity index (χ2v) is 9.36. The maximum absolute atomic E-state index is 13.7. The maximum Gasteiger partial charge on any atom is 0.336 e. The van der Waals surface area contributed by atoms with Gasteiger partial charge in [0, 0.05) is 17.8 Å². The SMILES string of the molecule is COC(=O)C1=C(C)NC(c2ccccc2)=C(C(=O)NCC(=O)OC(C)(C)C)C1c1cccc([N+](=O)[O-])c1. The number of amides is 1. The Balaban J connectivity index is 2.19. The number of nitrogens with zero attached hydrogens (tertiary/aromatic N) is 1. The predicted octanol–water partition coefficient (Wildman–Crippen LogP) is 3.60. The van der Waals surface area contributed by atoms with Gasteiger partial charge in [0.05, 0.1) is 34.8 Å². The van der Waals surface area contributed by atoms with Crippen LogP contribution >= 0.6 is 0 Å². The normalized spacial score (nSPS) is 15.5. The monoisotopic (exact) mass is 507 g/mol. The molecule has 0 spiro atoms. The zero-order valence-electron chi connectivity index (χ0n) is 21.3. The van der Waals surface area contributed by atoms with Crippen LogP contribution in [0.25, 0.3) is 5.70 Å². The van der Waals surface area contributed by atoms with Crippen LogP contribution in [0.1, 0.15) is 44.7 Å². The molecule has 10 heteroatoms. The highest BCUT2D eigenvalue weighted by Gasteiger charge is 2.39. The first-order valence-electron chi connectivity index (χ1n) is 11.5. The topological polar surface area (TPSA) is 137 Å². The van der Waals surface area contributed by atoms with E-state index in [-0.39, 0.29) is 16.8 Å². The summed E-state index contributed by atoms with van der Waals surface area (Å²) in [7, 11) is 1.21. The van der Waals surface area contributed by atoms with Gasteiger partial charge in [-0.15, -0.1) is 0 Å². The molecule has 0 aromatic heterocycles. The number of esters is 2. The average Bonchev–Trinajstić information content (AvgIpc) is 2.85. The second-order valence-electron chi connectivity index (χ2n) is 9.36. The van der Waals surface area contributed by atoms with Crippen LogP contribution in [0.2, 0.25) is 0 Å². The number of nitrogens with one attached hydrogen (secondary N) is 2. The molecule has 1 heterocycles. The first kappa shape index (κ1) is 27.1. The molecule has 194 valence electrons. The molecule has 1 aliphatic rings. The van der Waals surface area contributed by atoms with Crippen molar-refractivity contribution >= 4 is 29.2 Å². The van der Waals surface area contributed by atoms with Gasteiger partial charge in [0.25, 0.3) is 11.6 Å². The van der Waals surface area contributed by atoms with Crippen LogP contribution in [-0.4, -0.2) is 42.0 Å². The summed E-state index contributed by atoms with van der Waals surface area (Å²) in [5, 5.41) is 17.2. The highest BCUT2D eigenvalue weighted by Crippen LogP contribution is 2.42. The summed E-state index contributed by atoms with van der Waals surface area (Å²) >= 11 is 0. The summed E-state index contributed by atoms with van der Waals surface area (Å²) in [4.78, 5) is 49.9. The van der Waals surface area contributed by atoms with Crippen LogP contribution in [-0.2, 0) is 23.9 Å². The molecule has 0 radical (unpaired) electrons. The van der Waals surface area contributed by atoms with Gasteiger partial charge in [0.1, 0.15) is 12.1 Å². The number of carbonyl (C=O) groups is 3. The molecule has 0 saturated heterocycles.